The second-order valence-corrected chi connectivity index (χ2v) is 5.22. The van der Waals surface area contributed by atoms with Crippen LogP contribution >= 0.6 is 0 Å². The molecule has 21 heavy (non-hydrogen) atoms. The Hall–Kier alpha value is -2.11. The highest BCUT2D eigenvalue weighted by Crippen LogP contribution is 2.21. The number of hydrogen-bond donors (Lipinski definition) is 1. The average Bonchev–Trinajstić information content (AvgIpc) is 2.58. The van der Waals surface area contributed by atoms with Gasteiger partial charge in [0, 0.05) is 24.2 Å². The van der Waals surface area contributed by atoms with Crippen LogP contribution in [0.5, 0.6) is 5.88 Å². The van der Waals surface area contributed by atoms with Crippen molar-refractivity contribution in [1.82, 2.24) is 15.2 Å². The Morgan fingerprint density at radius 2 is 2.24 bits per heavy atom. The number of methoxy groups -OCH3 is 1. The number of aromatic nitrogens is 1. The molecule has 2 unspecified atom stereocenters. The number of carbonyl (C=O) groups excluding carboxylic acids is 2. The van der Waals surface area contributed by atoms with Crippen LogP contribution in [-0.2, 0) is 16.1 Å². The van der Waals surface area contributed by atoms with Gasteiger partial charge in [0.25, 0.3) is 0 Å². The molecule has 1 fully saturated rings. The van der Waals surface area contributed by atoms with Gasteiger partial charge >= 0.3 is 0 Å². The molecule has 0 aliphatic carbocycles. The summed E-state index contributed by atoms with van der Waals surface area (Å²) in [5.41, 5.74) is 0.837. The van der Waals surface area contributed by atoms with Crippen molar-refractivity contribution in [3.63, 3.8) is 0 Å². The minimum atomic E-state index is -0.454. The SMILES string of the molecule is CCC1NC(=O)CC(C)N(Cc2cccnc2OC)C1=O. The van der Waals surface area contributed by atoms with Crippen molar-refractivity contribution in [3.05, 3.63) is 23.9 Å². The number of nitrogens with zero attached hydrogens (tertiary/aromatic N) is 2. The van der Waals surface area contributed by atoms with Gasteiger partial charge in [-0.1, -0.05) is 13.0 Å². The highest BCUT2D eigenvalue weighted by Gasteiger charge is 2.33. The maximum absolute atomic E-state index is 12.6. The van der Waals surface area contributed by atoms with E-state index in [-0.39, 0.29) is 17.9 Å². The third-order valence-corrected chi connectivity index (χ3v) is 3.72. The predicted octanol–water partition coefficient (Wildman–Crippen LogP) is 1.11. The number of carbonyl (C=O) groups is 2. The molecule has 6 heteroatoms. The average molecular weight is 291 g/mol. The number of rotatable bonds is 4. The van der Waals surface area contributed by atoms with Gasteiger partial charge in [0.2, 0.25) is 17.7 Å². The fraction of sp³-hybridized carbons (Fsp3) is 0.533. The van der Waals surface area contributed by atoms with Crippen LogP contribution in [0.3, 0.4) is 0 Å². The molecular formula is C15H21N3O3. The van der Waals surface area contributed by atoms with Crippen molar-refractivity contribution < 1.29 is 14.3 Å². The van der Waals surface area contributed by atoms with Crippen LogP contribution in [0.4, 0.5) is 0 Å². The van der Waals surface area contributed by atoms with Gasteiger partial charge in [-0.25, -0.2) is 4.98 Å². The standard InChI is InChI=1S/C15H21N3O3/c1-4-12-15(20)18(10(2)8-13(19)17-12)9-11-6-5-7-16-14(11)21-3/h5-7,10,12H,4,8-9H2,1-3H3,(H,17,19). The Balaban J connectivity index is 2.26. The van der Waals surface area contributed by atoms with Gasteiger partial charge < -0.3 is 15.0 Å². The summed E-state index contributed by atoms with van der Waals surface area (Å²) in [5, 5.41) is 2.78. The topological polar surface area (TPSA) is 71.5 Å². The van der Waals surface area contributed by atoms with E-state index in [2.05, 4.69) is 10.3 Å². The highest BCUT2D eigenvalue weighted by atomic mass is 16.5. The van der Waals surface area contributed by atoms with E-state index in [0.717, 1.165) is 5.56 Å². The molecule has 1 aromatic rings. The second kappa shape index (κ2) is 6.56. The summed E-state index contributed by atoms with van der Waals surface area (Å²) in [6, 6.07) is 3.09. The molecule has 1 N–H and O–H groups in total. The lowest BCUT2D eigenvalue weighted by atomic mass is 10.1. The number of amides is 2. The quantitative estimate of drug-likeness (QED) is 0.902. The van der Waals surface area contributed by atoms with Crippen molar-refractivity contribution >= 4 is 11.8 Å². The highest BCUT2D eigenvalue weighted by molar-refractivity contribution is 5.90. The lowest BCUT2D eigenvalue weighted by Crippen LogP contribution is -2.45. The fourth-order valence-corrected chi connectivity index (χ4v) is 2.53. The zero-order valence-electron chi connectivity index (χ0n) is 12.6. The van der Waals surface area contributed by atoms with Crippen LogP contribution in [0.15, 0.2) is 18.3 Å². The van der Waals surface area contributed by atoms with Crippen LogP contribution in [0.1, 0.15) is 32.3 Å². The Labute approximate surface area is 124 Å². The van der Waals surface area contributed by atoms with E-state index in [1.807, 2.05) is 26.0 Å². The fourth-order valence-electron chi connectivity index (χ4n) is 2.53. The molecule has 0 aromatic carbocycles. The number of ether oxygens (including phenoxy) is 1. The van der Waals surface area contributed by atoms with E-state index in [1.54, 1.807) is 18.2 Å². The molecule has 1 aliphatic heterocycles. The van der Waals surface area contributed by atoms with Gasteiger partial charge in [-0.2, -0.15) is 0 Å². The zero-order valence-corrected chi connectivity index (χ0v) is 12.6. The summed E-state index contributed by atoms with van der Waals surface area (Å²) < 4.78 is 5.23. The van der Waals surface area contributed by atoms with Crippen LogP contribution in [0, 0.1) is 0 Å². The van der Waals surface area contributed by atoms with Crippen molar-refractivity contribution in [3.8, 4) is 5.88 Å². The number of pyridine rings is 1. The molecule has 2 heterocycles. The largest absolute Gasteiger partial charge is 0.481 e. The molecule has 1 saturated heterocycles. The summed E-state index contributed by atoms with van der Waals surface area (Å²) >= 11 is 0. The Bertz CT molecular complexity index is 533. The van der Waals surface area contributed by atoms with Crippen molar-refractivity contribution in [2.75, 3.05) is 7.11 Å². The molecule has 2 rings (SSSR count). The summed E-state index contributed by atoms with van der Waals surface area (Å²) in [6.07, 6.45) is 2.54. The molecule has 114 valence electrons. The minimum Gasteiger partial charge on any atom is -0.481 e. The Morgan fingerprint density at radius 1 is 1.48 bits per heavy atom. The first kappa shape index (κ1) is 15.3. The number of nitrogens with one attached hydrogen (secondary N) is 1. The lowest BCUT2D eigenvalue weighted by molar-refractivity contribution is -0.135. The molecule has 0 bridgehead atoms. The second-order valence-electron chi connectivity index (χ2n) is 5.22. The van der Waals surface area contributed by atoms with Crippen LogP contribution in [-0.4, -0.2) is 40.9 Å². The van der Waals surface area contributed by atoms with Crippen LogP contribution in [0.25, 0.3) is 0 Å². The molecule has 6 nitrogen and oxygen atoms in total. The zero-order chi connectivity index (χ0) is 15.4. The van der Waals surface area contributed by atoms with E-state index in [9.17, 15) is 9.59 Å². The monoisotopic (exact) mass is 291 g/mol. The van der Waals surface area contributed by atoms with E-state index >= 15 is 0 Å². The number of hydrogen-bond acceptors (Lipinski definition) is 4. The summed E-state index contributed by atoms with van der Waals surface area (Å²) in [4.78, 5) is 30.3. The van der Waals surface area contributed by atoms with Crippen molar-refractivity contribution in [2.45, 2.75) is 45.3 Å². The Kier molecular flexibility index (Phi) is 4.77. The first-order valence-corrected chi connectivity index (χ1v) is 7.14. The summed E-state index contributed by atoms with van der Waals surface area (Å²) in [7, 11) is 1.55. The van der Waals surface area contributed by atoms with Gasteiger partial charge in [-0.15, -0.1) is 0 Å². The Morgan fingerprint density at radius 3 is 2.90 bits per heavy atom. The van der Waals surface area contributed by atoms with Gasteiger partial charge in [-0.05, 0) is 19.4 Å². The van der Waals surface area contributed by atoms with Crippen LogP contribution in [0.2, 0.25) is 0 Å². The molecule has 0 saturated carbocycles. The molecule has 1 aromatic heterocycles. The van der Waals surface area contributed by atoms with Gasteiger partial charge in [-0.3, -0.25) is 9.59 Å². The molecule has 1 aliphatic rings. The van der Waals surface area contributed by atoms with Gasteiger partial charge in [0.15, 0.2) is 0 Å². The predicted molar refractivity (Wildman–Crippen MR) is 77.6 cm³/mol. The summed E-state index contributed by atoms with van der Waals surface area (Å²) in [6.45, 7) is 4.17. The van der Waals surface area contributed by atoms with Crippen molar-refractivity contribution in [1.29, 1.82) is 0 Å². The molecular weight excluding hydrogens is 270 g/mol. The molecule has 0 radical (unpaired) electrons. The van der Waals surface area contributed by atoms with Crippen LogP contribution < -0.4 is 10.1 Å². The van der Waals surface area contributed by atoms with Gasteiger partial charge in [0.1, 0.15) is 6.04 Å². The summed E-state index contributed by atoms with van der Waals surface area (Å²) in [5.74, 6) is 0.374. The maximum Gasteiger partial charge on any atom is 0.245 e. The normalized spacial score (nSPS) is 22.7. The van der Waals surface area contributed by atoms with E-state index < -0.39 is 6.04 Å². The van der Waals surface area contributed by atoms with E-state index in [4.69, 9.17) is 4.74 Å². The van der Waals surface area contributed by atoms with E-state index in [0.29, 0.717) is 25.3 Å². The third-order valence-electron chi connectivity index (χ3n) is 3.72. The maximum atomic E-state index is 12.6. The third kappa shape index (κ3) is 3.32. The lowest BCUT2D eigenvalue weighted by Gasteiger charge is -2.28. The molecule has 0 spiro atoms. The first-order chi connectivity index (χ1) is 10.1. The van der Waals surface area contributed by atoms with Gasteiger partial charge in [0.05, 0.1) is 13.7 Å². The smallest absolute Gasteiger partial charge is 0.245 e. The van der Waals surface area contributed by atoms with E-state index in [1.165, 1.54) is 0 Å². The minimum absolute atomic E-state index is 0.0539. The molecule has 2 amide bonds. The molecule has 2 atom stereocenters. The van der Waals surface area contributed by atoms with Crippen molar-refractivity contribution in [2.24, 2.45) is 0 Å². The first-order valence-electron chi connectivity index (χ1n) is 7.14.